The van der Waals surface area contributed by atoms with Gasteiger partial charge in [-0.2, -0.15) is 0 Å². The molecule has 31 heavy (non-hydrogen) atoms. The molecule has 0 unspecified atom stereocenters. The molecule has 0 fully saturated rings. The van der Waals surface area contributed by atoms with Gasteiger partial charge in [-0.05, 0) is 62.3 Å². The monoisotopic (exact) mass is 414 g/mol. The van der Waals surface area contributed by atoms with E-state index < -0.39 is 0 Å². The second-order valence-electron chi connectivity index (χ2n) is 7.52. The van der Waals surface area contributed by atoms with Crippen LogP contribution in [0.5, 0.6) is 0 Å². The zero-order valence-electron chi connectivity index (χ0n) is 16.7. The van der Waals surface area contributed by atoms with E-state index >= 15 is 0 Å². The van der Waals surface area contributed by atoms with Gasteiger partial charge in [-0.3, -0.25) is 9.97 Å². The van der Waals surface area contributed by atoms with Crippen molar-refractivity contribution < 1.29 is 0 Å². The van der Waals surface area contributed by atoms with Crippen LogP contribution in [0, 0.1) is 0 Å². The van der Waals surface area contributed by atoms with Gasteiger partial charge in [-0.15, -0.1) is 0 Å². The first kappa shape index (κ1) is 18.1. The van der Waals surface area contributed by atoms with E-state index in [0.717, 1.165) is 0 Å². The van der Waals surface area contributed by atoms with Gasteiger partial charge in [0.1, 0.15) is 0 Å². The number of nitrogens with zero attached hydrogens (tertiary/aromatic N) is 2. The molecule has 0 aliphatic heterocycles. The number of aromatic nitrogens is 2. The molecule has 2 aromatic heterocycles. The number of pyridine rings is 2. The van der Waals surface area contributed by atoms with Gasteiger partial charge >= 0.3 is 0 Å². The van der Waals surface area contributed by atoms with Gasteiger partial charge < -0.3 is 0 Å². The van der Waals surface area contributed by atoms with E-state index in [1.165, 1.54) is 53.2 Å². The molecule has 0 N–H and O–H groups in total. The van der Waals surface area contributed by atoms with E-state index in [1.807, 2.05) is 24.8 Å². The number of benzene rings is 4. The molecule has 0 saturated heterocycles. The predicted molar refractivity (Wildman–Crippen MR) is 131 cm³/mol. The van der Waals surface area contributed by atoms with Crippen molar-refractivity contribution in [1.29, 1.82) is 0 Å². The van der Waals surface area contributed by atoms with E-state index in [9.17, 15) is 0 Å². The minimum Gasteiger partial charge on any atom is -0.265 e. The topological polar surface area (TPSA) is 25.8 Å². The summed E-state index contributed by atoms with van der Waals surface area (Å²) in [5.74, 6) is 0. The van der Waals surface area contributed by atoms with Gasteiger partial charge in [0.2, 0.25) is 0 Å². The van der Waals surface area contributed by atoms with Crippen LogP contribution in [0.25, 0.3) is 43.4 Å². The molecule has 146 valence electrons. The summed E-state index contributed by atoms with van der Waals surface area (Å²) in [6, 6.07) is 30.2. The lowest BCUT2D eigenvalue weighted by Gasteiger charge is -2.17. The molecule has 0 spiro atoms. The summed E-state index contributed by atoms with van der Waals surface area (Å²) in [4.78, 5) is 11.1. The Hall–Kier alpha value is -3.69. The van der Waals surface area contributed by atoms with Crippen molar-refractivity contribution in [3.8, 4) is 11.1 Å². The predicted octanol–water partition coefficient (Wildman–Crippen LogP) is 7.75. The minimum atomic E-state index is 1.17. The van der Waals surface area contributed by atoms with Crippen LogP contribution in [0.4, 0.5) is 0 Å². The van der Waals surface area contributed by atoms with Crippen LogP contribution in [-0.4, -0.2) is 9.97 Å². The Balaban J connectivity index is 1.69. The zero-order valence-corrected chi connectivity index (χ0v) is 17.5. The highest BCUT2D eigenvalue weighted by atomic mass is 32.2. The fraction of sp³-hybridized carbons (Fsp3) is 0. The second kappa shape index (κ2) is 7.53. The molecule has 2 heterocycles. The number of rotatable bonds is 3. The molecule has 6 rings (SSSR count). The zero-order chi connectivity index (χ0) is 20.6. The lowest BCUT2D eigenvalue weighted by Crippen LogP contribution is -1.90. The van der Waals surface area contributed by atoms with Gasteiger partial charge in [0.05, 0.1) is 0 Å². The standard InChI is InChI=1S/C28H18N2S/c1-2-6-20-17-21(10-9-19(20)5-1)27-23-7-3-4-8-24(23)28(25-13-16-30-18-26(25)27)31-22-11-14-29-15-12-22/h1-18H. The first-order valence-electron chi connectivity index (χ1n) is 10.2. The summed E-state index contributed by atoms with van der Waals surface area (Å²) in [5.41, 5.74) is 2.46. The summed E-state index contributed by atoms with van der Waals surface area (Å²) in [6.45, 7) is 0. The molecular weight excluding hydrogens is 396 g/mol. The van der Waals surface area contributed by atoms with Crippen molar-refractivity contribution in [3.63, 3.8) is 0 Å². The average molecular weight is 415 g/mol. The largest absolute Gasteiger partial charge is 0.265 e. The van der Waals surface area contributed by atoms with E-state index in [2.05, 4.69) is 94.9 Å². The van der Waals surface area contributed by atoms with Crippen molar-refractivity contribution in [2.45, 2.75) is 9.79 Å². The molecule has 0 aliphatic carbocycles. The number of hydrogen-bond acceptors (Lipinski definition) is 3. The Kier molecular flexibility index (Phi) is 4.40. The van der Waals surface area contributed by atoms with Crippen molar-refractivity contribution in [2.24, 2.45) is 0 Å². The third kappa shape index (κ3) is 3.15. The summed E-state index contributed by atoms with van der Waals surface area (Å²) in [6.07, 6.45) is 7.58. The number of hydrogen-bond donors (Lipinski definition) is 0. The van der Waals surface area contributed by atoms with Crippen molar-refractivity contribution in [3.05, 3.63) is 110 Å². The first-order chi connectivity index (χ1) is 15.4. The van der Waals surface area contributed by atoms with Crippen LogP contribution in [0.3, 0.4) is 0 Å². The summed E-state index contributed by atoms with van der Waals surface area (Å²) >= 11 is 1.79. The summed E-state index contributed by atoms with van der Waals surface area (Å²) < 4.78 is 0. The third-order valence-corrected chi connectivity index (χ3v) is 6.84. The van der Waals surface area contributed by atoms with Crippen molar-refractivity contribution in [2.75, 3.05) is 0 Å². The van der Waals surface area contributed by atoms with Crippen LogP contribution in [0.15, 0.2) is 120 Å². The third-order valence-electron chi connectivity index (χ3n) is 5.68. The van der Waals surface area contributed by atoms with Gasteiger partial charge in [0, 0.05) is 40.0 Å². The van der Waals surface area contributed by atoms with E-state index in [1.54, 1.807) is 11.8 Å². The Morgan fingerprint density at radius 3 is 2.13 bits per heavy atom. The molecule has 0 atom stereocenters. The first-order valence-corrected chi connectivity index (χ1v) is 11.1. The van der Waals surface area contributed by atoms with Crippen molar-refractivity contribution >= 4 is 44.1 Å². The highest BCUT2D eigenvalue weighted by Gasteiger charge is 2.16. The van der Waals surface area contributed by atoms with Gasteiger partial charge in [-0.1, -0.05) is 72.4 Å². The Morgan fingerprint density at radius 1 is 0.548 bits per heavy atom. The molecule has 4 aromatic carbocycles. The Labute approximate surface area is 184 Å². The lowest BCUT2D eigenvalue weighted by molar-refractivity contribution is 1.26. The van der Waals surface area contributed by atoms with Gasteiger partial charge in [0.15, 0.2) is 0 Å². The van der Waals surface area contributed by atoms with Crippen LogP contribution < -0.4 is 0 Å². The SMILES string of the molecule is c1ccc2cc(-c3c4ccccc4c(Sc4ccncc4)c4ccncc34)ccc2c1. The smallest absolute Gasteiger partial charge is 0.0353 e. The van der Waals surface area contributed by atoms with Crippen LogP contribution in [0.1, 0.15) is 0 Å². The lowest BCUT2D eigenvalue weighted by atomic mass is 9.92. The molecule has 0 saturated carbocycles. The maximum Gasteiger partial charge on any atom is 0.0353 e. The highest BCUT2D eigenvalue weighted by molar-refractivity contribution is 7.99. The van der Waals surface area contributed by atoms with Crippen LogP contribution in [0.2, 0.25) is 0 Å². The molecular formula is C28H18N2S. The van der Waals surface area contributed by atoms with Crippen LogP contribution >= 0.6 is 11.8 Å². The maximum atomic E-state index is 4.50. The molecule has 0 aliphatic rings. The molecule has 0 amide bonds. The minimum absolute atomic E-state index is 1.17. The summed E-state index contributed by atoms with van der Waals surface area (Å²) in [7, 11) is 0. The summed E-state index contributed by atoms with van der Waals surface area (Å²) in [5, 5.41) is 7.40. The normalized spacial score (nSPS) is 11.4. The van der Waals surface area contributed by atoms with Gasteiger partial charge in [0.25, 0.3) is 0 Å². The van der Waals surface area contributed by atoms with E-state index in [0.29, 0.717) is 0 Å². The van der Waals surface area contributed by atoms with Crippen LogP contribution in [-0.2, 0) is 0 Å². The Bertz CT molecular complexity index is 1500. The molecule has 2 nitrogen and oxygen atoms in total. The molecule has 0 bridgehead atoms. The highest BCUT2D eigenvalue weighted by Crippen LogP contribution is 2.45. The number of fused-ring (bicyclic) bond motifs is 3. The van der Waals surface area contributed by atoms with Gasteiger partial charge in [-0.25, -0.2) is 0 Å². The van der Waals surface area contributed by atoms with E-state index in [-0.39, 0.29) is 0 Å². The quantitative estimate of drug-likeness (QED) is 0.277. The fourth-order valence-electron chi connectivity index (χ4n) is 4.27. The van der Waals surface area contributed by atoms with Crippen molar-refractivity contribution in [1.82, 2.24) is 9.97 Å². The maximum absolute atomic E-state index is 4.50. The fourth-order valence-corrected chi connectivity index (χ4v) is 5.34. The Morgan fingerprint density at radius 2 is 1.26 bits per heavy atom. The molecule has 6 aromatic rings. The average Bonchev–Trinajstić information content (AvgIpc) is 2.84. The molecule has 0 radical (unpaired) electrons. The molecule has 3 heteroatoms. The second-order valence-corrected chi connectivity index (χ2v) is 8.60. The van der Waals surface area contributed by atoms with E-state index in [4.69, 9.17) is 0 Å².